The smallest absolute Gasteiger partial charge is 0.239 e. The lowest BCUT2D eigenvalue weighted by molar-refractivity contribution is -0.266. The zero-order chi connectivity index (χ0) is 89.5. The molecular formula is C90H166N24O8. The summed E-state index contributed by atoms with van der Waals surface area (Å²) in [5, 5.41) is 56.4. The van der Waals surface area contributed by atoms with E-state index in [1.54, 1.807) is 15.8 Å². The Balaban J connectivity index is 0.934. The maximum absolute atomic E-state index is 7.26. The van der Waals surface area contributed by atoms with Gasteiger partial charge in [0.15, 0.2) is 0 Å². The molecule has 0 amide bonds. The van der Waals surface area contributed by atoms with Gasteiger partial charge in [-0.3, -0.25) is 15.3 Å². The van der Waals surface area contributed by atoms with E-state index in [2.05, 4.69) is 306 Å². The molecule has 0 aromatic heterocycles. The van der Waals surface area contributed by atoms with Gasteiger partial charge in [-0.25, -0.2) is 36.2 Å². The number of rotatable bonds is 25. The summed E-state index contributed by atoms with van der Waals surface area (Å²) in [6, 6.07) is 0. The van der Waals surface area contributed by atoms with Gasteiger partial charge >= 0.3 is 0 Å². The summed E-state index contributed by atoms with van der Waals surface area (Å²) in [7, 11) is 0. The highest BCUT2D eigenvalue weighted by Crippen LogP contribution is 2.40. The summed E-state index contributed by atoms with van der Waals surface area (Å²) in [5.41, 5.74) is 14.9. The fourth-order valence-electron chi connectivity index (χ4n) is 23.8. The Hall–Kier alpha value is -5.88. The van der Waals surface area contributed by atoms with E-state index in [0.717, 1.165) is 109 Å². The summed E-state index contributed by atoms with van der Waals surface area (Å²) in [6.45, 7) is 74.2. The third-order valence-corrected chi connectivity index (χ3v) is 24.7. The second-order valence-corrected chi connectivity index (χ2v) is 48.6. The van der Waals surface area contributed by atoms with Gasteiger partial charge in [-0.1, -0.05) is 31.1 Å². The number of ether oxygens (including phenoxy) is 4. The van der Waals surface area contributed by atoms with Crippen molar-refractivity contribution in [2.45, 2.75) is 462 Å². The Morgan fingerprint density at radius 1 is 0.303 bits per heavy atom. The van der Waals surface area contributed by atoms with Crippen LogP contribution in [0.4, 0.5) is 0 Å². The van der Waals surface area contributed by atoms with Crippen LogP contribution in [0.15, 0.2) is 67.9 Å². The number of aliphatic imine (C=N–C) groups is 1. The summed E-state index contributed by atoms with van der Waals surface area (Å²) in [5.74, 6) is 4.53. The normalized spacial score (nSPS) is 28.9. The van der Waals surface area contributed by atoms with Gasteiger partial charge in [0.2, 0.25) is 23.6 Å². The van der Waals surface area contributed by atoms with Crippen LogP contribution in [0.3, 0.4) is 0 Å². The van der Waals surface area contributed by atoms with Gasteiger partial charge in [-0.05, 0) is 273 Å². The van der Waals surface area contributed by atoms with Crippen molar-refractivity contribution in [2.75, 3.05) is 39.3 Å². The molecule has 0 atom stereocenters. The fraction of sp³-hybridized carbons (Fsp3) is 0.867. The first-order valence-corrected chi connectivity index (χ1v) is 45.9. The molecule has 0 radical (unpaired) electrons. The number of nitrogens with one attached hydrogen (secondary N) is 14. The van der Waals surface area contributed by atoms with Gasteiger partial charge < -0.3 is 76.6 Å². The lowest BCUT2D eigenvalue weighted by Crippen LogP contribution is -2.63. The van der Waals surface area contributed by atoms with Crippen molar-refractivity contribution >= 4 is 23.5 Å². The van der Waals surface area contributed by atoms with Crippen LogP contribution >= 0.6 is 0 Å². The molecule has 12 aliphatic rings. The third-order valence-electron chi connectivity index (χ3n) is 24.7. The maximum atomic E-state index is 7.26. The van der Waals surface area contributed by atoms with Crippen molar-refractivity contribution in [3.05, 3.63) is 47.7 Å². The summed E-state index contributed by atoms with van der Waals surface area (Å²) >= 11 is 0. The Kier molecular flexibility index (Phi) is 27.0. The summed E-state index contributed by atoms with van der Waals surface area (Å²) < 4.78 is 28.6. The SMILES string of the molecule is CC1(C)CC(OC2=CC(=NCCN(CCN(CCNC3=CC(OC4CC(C)(C)NC(C)(C)C4)=NN(OC4CC(C)(C)NC(C)(C)C4)N3)C3=CC(OC4CC(C)(C)NC(C)(C)C4)=NN(OC4CC(C)(C)NC(C)(C)C4)N3)C3=CC(OC4CC(C)(C)NC(C)(C)C4)=NN(OC4CC(C)(C)NC(C)(C)C4)N3)NN(OC3CC(C)(C)NC(C)(C)C3)N2)CC(C)(C)N1. The molecule has 0 saturated carbocycles. The minimum atomic E-state index is -0.229. The molecule has 0 unspecified atom stereocenters. The highest BCUT2D eigenvalue weighted by molar-refractivity contribution is 5.93. The molecule has 14 N–H and O–H groups in total. The van der Waals surface area contributed by atoms with Gasteiger partial charge in [0.05, 0.1) is 31.0 Å². The van der Waals surface area contributed by atoms with Crippen molar-refractivity contribution in [3.8, 4) is 0 Å². The Morgan fingerprint density at radius 3 is 0.877 bits per heavy atom. The zero-order valence-electron chi connectivity index (χ0n) is 81.2. The molecular weight excluding hydrogens is 1550 g/mol. The fourth-order valence-corrected chi connectivity index (χ4v) is 23.8. The van der Waals surface area contributed by atoms with E-state index in [-0.39, 0.29) is 137 Å². The van der Waals surface area contributed by atoms with E-state index < -0.39 is 0 Å². The third kappa shape index (κ3) is 28.3. The molecule has 8 fully saturated rings. The van der Waals surface area contributed by atoms with Crippen LogP contribution in [-0.4, -0.2) is 231 Å². The molecule has 0 aliphatic carbocycles. The minimum absolute atomic E-state index is 0.105. The lowest BCUT2D eigenvalue weighted by atomic mass is 9.81. The van der Waals surface area contributed by atoms with Crippen LogP contribution in [0.1, 0.15) is 324 Å². The molecule has 0 spiro atoms. The minimum Gasteiger partial charge on any atom is -0.475 e. The van der Waals surface area contributed by atoms with Gasteiger partial charge in [0.1, 0.15) is 47.7 Å². The number of hydrogen-bond donors (Lipinski definition) is 14. The predicted octanol–water partition coefficient (Wildman–Crippen LogP) is 10.9. The number of hydrazine groups is 5. The Morgan fingerprint density at radius 2 is 0.566 bits per heavy atom. The number of piperidine rings is 8. The summed E-state index contributed by atoms with van der Waals surface area (Å²) in [6.07, 6.45) is 19.0. The van der Waals surface area contributed by atoms with Crippen LogP contribution < -0.4 is 75.0 Å². The van der Waals surface area contributed by atoms with Crippen molar-refractivity contribution in [1.29, 1.82) is 0 Å². The number of hydrogen-bond acceptors (Lipinski definition) is 31. The van der Waals surface area contributed by atoms with Crippen LogP contribution in [0.25, 0.3) is 0 Å². The molecule has 0 aromatic carbocycles. The number of amidine groups is 1. The first-order chi connectivity index (χ1) is 55.8. The van der Waals surface area contributed by atoms with Crippen LogP contribution in [0, 0.1) is 0 Å². The highest BCUT2D eigenvalue weighted by Gasteiger charge is 2.49. The molecule has 12 rings (SSSR count). The largest absolute Gasteiger partial charge is 0.475 e. The maximum Gasteiger partial charge on any atom is 0.239 e. The molecule has 0 bridgehead atoms. The van der Waals surface area contributed by atoms with E-state index in [4.69, 9.17) is 58.6 Å². The Bertz CT molecular complexity index is 3790. The van der Waals surface area contributed by atoms with Crippen LogP contribution in [0.2, 0.25) is 0 Å². The number of hydrazone groups is 3. The van der Waals surface area contributed by atoms with Gasteiger partial charge in [0, 0.05) is 202 Å². The van der Waals surface area contributed by atoms with E-state index in [0.29, 0.717) is 80.3 Å². The Labute approximate surface area is 733 Å². The lowest BCUT2D eigenvalue weighted by Gasteiger charge is -2.47. The zero-order valence-corrected chi connectivity index (χ0v) is 81.2. The van der Waals surface area contributed by atoms with Gasteiger partial charge in [0.25, 0.3) is 0 Å². The monoisotopic (exact) mass is 1710 g/mol. The molecule has 694 valence electrons. The van der Waals surface area contributed by atoms with Crippen LogP contribution in [-0.2, 0) is 38.3 Å². The molecule has 8 saturated heterocycles. The average molecular weight is 1710 g/mol. The van der Waals surface area contributed by atoms with Crippen molar-refractivity contribution in [1.82, 2.24) is 106 Å². The van der Waals surface area contributed by atoms with Crippen molar-refractivity contribution in [3.63, 3.8) is 0 Å². The van der Waals surface area contributed by atoms with Crippen LogP contribution in [0.5, 0.6) is 0 Å². The van der Waals surface area contributed by atoms with Gasteiger partial charge in [-0.15, -0.1) is 0 Å². The first-order valence-electron chi connectivity index (χ1n) is 45.9. The first kappa shape index (κ1) is 95.2. The van der Waals surface area contributed by atoms with E-state index in [9.17, 15) is 0 Å². The predicted molar refractivity (Wildman–Crippen MR) is 484 cm³/mol. The molecule has 122 heavy (non-hydrogen) atoms. The van der Waals surface area contributed by atoms with E-state index in [1.807, 2.05) is 24.3 Å². The molecule has 12 aliphatic heterocycles. The van der Waals surface area contributed by atoms with Gasteiger partial charge in [-0.2, -0.15) is 0 Å². The van der Waals surface area contributed by atoms with Crippen molar-refractivity contribution in [2.24, 2.45) is 20.3 Å². The molecule has 12 heterocycles. The van der Waals surface area contributed by atoms with Crippen molar-refractivity contribution < 1.29 is 38.3 Å². The molecule has 0 aromatic rings. The molecule has 32 nitrogen and oxygen atoms in total. The topological polar surface area (TPSA) is 311 Å². The highest BCUT2D eigenvalue weighted by atomic mass is 16.8. The average Bonchev–Trinajstić information content (AvgIpc) is 0.796. The van der Waals surface area contributed by atoms with E-state index in [1.165, 1.54) is 5.28 Å². The summed E-state index contributed by atoms with van der Waals surface area (Å²) in [4.78, 5) is 38.4. The number of nitrogens with zero attached hydrogens (tertiary/aromatic N) is 10. The second-order valence-electron chi connectivity index (χ2n) is 48.6. The second kappa shape index (κ2) is 34.6. The molecule has 32 heteroatoms. The quantitative estimate of drug-likeness (QED) is 0.0404. The van der Waals surface area contributed by atoms with E-state index >= 15 is 0 Å². The standard InChI is InChI=1S/C90H166N24O8/c1-75(2)43-59(44-76(3,4)101-75)115-71-39-67(93-111(97-71)119-63-51-83(17,18)105-84(19,20)52-63)91-33-35-109(69-41-73(117-61-47-79(9,10)103-80(11,12)48-61)99-113(95-69)121-65-55-87(25,26)107-88(27,28)56-65)37-38-110(70-42-74(118-62-49-81(13,14)104-82(15,16)50-62)100-114(96-70)122-66-57-89(29,30)108-90(31,32)58-66)36-34-92-68-40-72(116-60-45-77(5,6)102-78(7,8)46-60)98-112(94-68)120-64-53-85(21,22)106-86(23,24)54-64/h39-42,59-66,91,93,95-96,98,101-108H,33-38,43-58H2,1-32H3,(H,92,94).